The molecule has 2 aromatic carbocycles. The number of nitrogens with zero attached hydrogens (tertiary/aromatic N) is 1. The Hall–Kier alpha value is -3.33. The minimum Gasteiger partial charge on any atom is -0.490 e. The van der Waals surface area contributed by atoms with Crippen molar-refractivity contribution >= 4 is 34.8 Å². The Bertz CT molecular complexity index is 935. The number of halogens is 1. The molecule has 2 rings (SSSR count). The van der Waals surface area contributed by atoms with Crippen LogP contribution in [0.2, 0.25) is 5.02 Å². The Labute approximate surface area is 178 Å². The van der Waals surface area contributed by atoms with E-state index in [0.29, 0.717) is 31.1 Å². The molecule has 30 heavy (non-hydrogen) atoms. The fraction of sp³-hybridized carbons (Fsp3) is 0.300. The predicted molar refractivity (Wildman–Crippen MR) is 112 cm³/mol. The SMILES string of the molecule is CCOc1ccc(CCNC(=O)C(=O)Nc2cc([N+](=O)[O-])ccc2Cl)cc1OCC. The monoisotopic (exact) mass is 435 g/mol. The minimum absolute atomic E-state index is 0.0149. The van der Waals surface area contributed by atoms with Crippen LogP contribution in [0.15, 0.2) is 36.4 Å². The third kappa shape index (κ3) is 6.35. The van der Waals surface area contributed by atoms with E-state index in [0.717, 1.165) is 11.6 Å². The molecule has 10 heteroatoms. The Morgan fingerprint density at radius 1 is 1.03 bits per heavy atom. The summed E-state index contributed by atoms with van der Waals surface area (Å²) in [6.45, 7) is 4.95. The highest BCUT2D eigenvalue weighted by Crippen LogP contribution is 2.29. The van der Waals surface area contributed by atoms with Crippen molar-refractivity contribution in [3.05, 3.63) is 57.1 Å². The molecule has 2 amide bonds. The lowest BCUT2D eigenvalue weighted by molar-refractivity contribution is -0.384. The van der Waals surface area contributed by atoms with E-state index in [9.17, 15) is 19.7 Å². The Kier molecular flexibility index (Phi) is 8.42. The minimum atomic E-state index is -0.973. The van der Waals surface area contributed by atoms with Gasteiger partial charge in [0.2, 0.25) is 0 Å². The largest absolute Gasteiger partial charge is 0.490 e. The molecule has 0 fully saturated rings. The van der Waals surface area contributed by atoms with Gasteiger partial charge in [-0.25, -0.2) is 0 Å². The Morgan fingerprint density at radius 2 is 1.73 bits per heavy atom. The molecule has 9 nitrogen and oxygen atoms in total. The van der Waals surface area contributed by atoms with Gasteiger partial charge in [0.1, 0.15) is 0 Å². The summed E-state index contributed by atoms with van der Waals surface area (Å²) in [6, 6.07) is 9.03. The molecule has 0 aliphatic rings. The van der Waals surface area contributed by atoms with Gasteiger partial charge in [-0.2, -0.15) is 0 Å². The molecule has 0 unspecified atom stereocenters. The molecule has 0 atom stereocenters. The van der Waals surface area contributed by atoms with E-state index in [2.05, 4.69) is 10.6 Å². The molecule has 0 spiro atoms. The van der Waals surface area contributed by atoms with Crippen LogP contribution in [0.25, 0.3) is 0 Å². The number of carbonyl (C=O) groups is 2. The molecular formula is C20H22ClN3O6. The number of nitro groups is 1. The first-order valence-corrected chi connectivity index (χ1v) is 9.65. The topological polar surface area (TPSA) is 120 Å². The average molecular weight is 436 g/mol. The van der Waals surface area contributed by atoms with Crippen LogP contribution in [0.4, 0.5) is 11.4 Å². The smallest absolute Gasteiger partial charge is 0.313 e. The zero-order valence-corrected chi connectivity index (χ0v) is 17.3. The summed E-state index contributed by atoms with van der Waals surface area (Å²) < 4.78 is 11.1. The van der Waals surface area contributed by atoms with E-state index in [-0.39, 0.29) is 22.9 Å². The van der Waals surface area contributed by atoms with Crippen molar-refractivity contribution < 1.29 is 24.0 Å². The summed E-state index contributed by atoms with van der Waals surface area (Å²) in [5.74, 6) is -0.603. The first-order valence-electron chi connectivity index (χ1n) is 9.27. The lowest BCUT2D eigenvalue weighted by atomic mass is 10.1. The van der Waals surface area contributed by atoms with Crippen molar-refractivity contribution in [3.63, 3.8) is 0 Å². The predicted octanol–water partition coefficient (Wildman–Crippen LogP) is 3.34. The van der Waals surface area contributed by atoms with Gasteiger partial charge in [0.05, 0.1) is 28.8 Å². The van der Waals surface area contributed by atoms with E-state index in [1.54, 1.807) is 6.07 Å². The maximum absolute atomic E-state index is 12.1. The average Bonchev–Trinajstić information content (AvgIpc) is 2.71. The number of benzene rings is 2. The summed E-state index contributed by atoms with van der Waals surface area (Å²) >= 11 is 5.92. The van der Waals surface area contributed by atoms with E-state index in [1.165, 1.54) is 12.1 Å². The molecule has 0 saturated heterocycles. The van der Waals surface area contributed by atoms with Crippen molar-refractivity contribution in [3.8, 4) is 11.5 Å². The zero-order valence-electron chi connectivity index (χ0n) is 16.6. The number of nitrogens with one attached hydrogen (secondary N) is 2. The van der Waals surface area contributed by atoms with Gasteiger partial charge in [-0.15, -0.1) is 0 Å². The number of rotatable bonds is 9. The van der Waals surface area contributed by atoms with Gasteiger partial charge in [0.25, 0.3) is 5.69 Å². The molecule has 0 aliphatic heterocycles. The third-order valence-corrected chi connectivity index (χ3v) is 4.25. The Morgan fingerprint density at radius 3 is 2.40 bits per heavy atom. The summed E-state index contributed by atoms with van der Waals surface area (Å²) in [6.07, 6.45) is 0.461. The van der Waals surface area contributed by atoms with E-state index >= 15 is 0 Å². The van der Waals surface area contributed by atoms with Crippen LogP contribution in [0.3, 0.4) is 0 Å². The van der Waals surface area contributed by atoms with E-state index < -0.39 is 16.7 Å². The lowest BCUT2D eigenvalue weighted by Crippen LogP contribution is -2.36. The van der Waals surface area contributed by atoms with Gasteiger partial charge in [0.15, 0.2) is 11.5 Å². The maximum Gasteiger partial charge on any atom is 0.313 e. The maximum atomic E-state index is 12.1. The van der Waals surface area contributed by atoms with Crippen LogP contribution < -0.4 is 20.1 Å². The van der Waals surface area contributed by atoms with Crippen LogP contribution in [0.5, 0.6) is 11.5 Å². The normalized spacial score (nSPS) is 10.2. The van der Waals surface area contributed by atoms with Crippen molar-refractivity contribution in [2.75, 3.05) is 25.1 Å². The van der Waals surface area contributed by atoms with Crippen LogP contribution >= 0.6 is 11.6 Å². The molecule has 0 bridgehead atoms. The molecule has 2 aromatic rings. The summed E-state index contributed by atoms with van der Waals surface area (Å²) in [5, 5.41) is 15.7. The molecular weight excluding hydrogens is 414 g/mol. The quantitative estimate of drug-likeness (QED) is 0.354. The van der Waals surface area contributed by atoms with Gasteiger partial charge < -0.3 is 20.1 Å². The molecule has 0 aromatic heterocycles. The first kappa shape index (κ1) is 23.0. The molecule has 0 radical (unpaired) electrons. The number of anilines is 1. The Balaban J connectivity index is 1.93. The highest BCUT2D eigenvalue weighted by atomic mass is 35.5. The number of hydrogen-bond acceptors (Lipinski definition) is 6. The molecule has 0 heterocycles. The number of non-ortho nitro benzene ring substituents is 1. The standard InChI is InChI=1S/C20H22ClN3O6/c1-3-29-17-8-5-13(11-18(17)30-4-2)9-10-22-19(25)20(26)23-16-12-14(24(27)28)6-7-15(16)21/h5-8,11-12H,3-4,9-10H2,1-2H3,(H,22,25)(H,23,26). The summed E-state index contributed by atoms with van der Waals surface area (Å²) in [7, 11) is 0. The molecule has 0 aliphatic carbocycles. The van der Waals surface area contributed by atoms with E-state index in [1.807, 2.05) is 26.0 Å². The van der Waals surface area contributed by atoms with Crippen LogP contribution in [-0.2, 0) is 16.0 Å². The number of carbonyl (C=O) groups excluding carboxylic acids is 2. The van der Waals surface area contributed by atoms with Crippen molar-refractivity contribution in [1.82, 2.24) is 5.32 Å². The van der Waals surface area contributed by atoms with Crippen molar-refractivity contribution in [2.45, 2.75) is 20.3 Å². The van der Waals surface area contributed by atoms with Gasteiger partial charge in [-0.3, -0.25) is 19.7 Å². The number of nitro benzene ring substituents is 1. The molecule has 160 valence electrons. The first-order chi connectivity index (χ1) is 14.3. The summed E-state index contributed by atoms with van der Waals surface area (Å²) in [5.41, 5.74) is 0.624. The fourth-order valence-corrected chi connectivity index (χ4v) is 2.72. The highest BCUT2D eigenvalue weighted by molar-refractivity contribution is 6.41. The van der Waals surface area contributed by atoms with Gasteiger partial charge >= 0.3 is 11.8 Å². The number of hydrogen-bond donors (Lipinski definition) is 2. The van der Waals surface area contributed by atoms with Crippen molar-refractivity contribution in [2.24, 2.45) is 0 Å². The van der Waals surface area contributed by atoms with E-state index in [4.69, 9.17) is 21.1 Å². The van der Waals surface area contributed by atoms with Crippen LogP contribution in [-0.4, -0.2) is 36.5 Å². The highest BCUT2D eigenvalue weighted by Gasteiger charge is 2.17. The zero-order chi connectivity index (χ0) is 22.1. The number of ether oxygens (including phenoxy) is 2. The van der Waals surface area contributed by atoms with Gasteiger partial charge in [-0.05, 0) is 44.0 Å². The molecule has 2 N–H and O–H groups in total. The van der Waals surface area contributed by atoms with Gasteiger partial charge in [-0.1, -0.05) is 17.7 Å². The third-order valence-electron chi connectivity index (χ3n) is 3.92. The number of amides is 2. The van der Waals surface area contributed by atoms with Crippen LogP contribution in [0, 0.1) is 10.1 Å². The second kappa shape index (κ2) is 11.0. The lowest BCUT2D eigenvalue weighted by Gasteiger charge is -2.12. The molecule has 0 saturated carbocycles. The second-order valence-corrected chi connectivity index (χ2v) is 6.44. The van der Waals surface area contributed by atoms with Crippen LogP contribution in [0.1, 0.15) is 19.4 Å². The second-order valence-electron chi connectivity index (χ2n) is 6.03. The summed E-state index contributed by atoms with van der Waals surface area (Å²) in [4.78, 5) is 34.3. The fourth-order valence-electron chi connectivity index (χ4n) is 2.55. The van der Waals surface area contributed by atoms with Crippen molar-refractivity contribution in [1.29, 1.82) is 0 Å². The van der Waals surface area contributed by atoms with Gasteiger partial charge in [0, 0.05) is 18.7 Å².